The molecule has 1 heterocycles. The molecule has 3 amide bonds. The van der Waals surface area contributed by atoms with Crippen LogP contribution in [0.15, 0.2) is 116 Å². The van der Waals surface area contributed by atoms with Gasteiger partial charge in [-0.2, -0.15) is 0 Å². The summed E-state index contributed by atoms with van der Waals surface area (Å²) < 4.78 is 13.8. The fraction of sp³-hybridized carbons (Fsp3) is 0.300. The Kier molecular flexibility index (Phi) is 13.0. The van der Waals surface area contributed by atoms with E-state index in [0.717, 1.165) is 22.3 Å². The first-order valence-corrected chi connectivity index (χ1v) is 16.5. The Hall–Kier alpha value is -5.15. The van der Waals surface area contributed by atoms with E-state index in [-0.39, 0.29) is 24.7 Å². The molecule has 9 heteroatoms. The number of pyridine rings is 1. The lowest BCUT2D eigenvalue weighted by atomic mass is 9.98. The predicted octanol–water partition coefficient (Wildman–Crippen LogP) is 5.37. The van der Waals surface area contributed by atoms with Gasteiger partial charge in [-0.05, 0) is 84.8 Å². The van der Waals surface area contributed by atoms with Crippen molar-refractivity contribution in [3.05, 3.63) is 138 Å². The number of nitrogens with two attached hydrogens (primary N) is 1. The maximum atomic E-state index is 14.4. The fourth-order valence-electron chi connectivity index (χ4n) is 5.45. The topological polar surface area (TPSA) is 109 Å². The smallest absolute Gasteiger partial charge is 0.246 e. The van der Waals surface area contributed by atoms with E-state index in [9.17, 15) is 18.8 Å². The van der Waals surface area contributed by atoms with E-state index in [1.807, 2.05) is 80.6 Å². The molecular weight excluding hydrogens is 617 g/mol. The third-order valence-corrected chi connectivity index (χ3v) is 8.42. The van der Waals surface area contributed by atoms with Crippen molar-refractivity contribution in [1.29, 1.82) is 0 Å². The van der Waals surface area contributed by atoms with Crippen LogP contribution in [-0.4, -0.2) is 70.8 Å². The van der Waals surface area contributed by atoms with E-state index in [1.54, 1.807) is 44.7 Å². The second kappa shape index (κ2) is 17.3. The molecule has 1 aromatic heterocycles. The van der Waals surface area contributed by atoms with Crippen molar-refractivity contribution in [3.63, 3.8) is 0 Å². The molecule has 49 heavy (non-hydrogen) atoms. The fourth-order valence-corrected chi connectivity index (χ4v) is 5.45. The molecule has 0 aliphatic rings. The number of carbonyl (C=O) groups excluding carboxylic acids is 3. The summed E-state index contributed by atoms with van der Waals surface area (Å²) in [5.74, 6) is -1.49. The van der Waals surface area contributed by atoms with Crippen LogP contribution in [0.1, 0.15) is 37.0 Å². The minimum atomic E-state index is -0.921. The zero-order valence-corrected chi connectivity index (χ0v) is 28.7. The summed E-state index contributed by atoms with van der Waals surface area (Å²) >= 11 is 0. The van der Waals surface area contributed by atoms with Crippen LogP contribution in [-0.2, 0) is 33.6 Å². The average Bonchev–Trinajstić information content (AvgIpc) is 3.10. The first-order valence-electron chi connectivity index (χ1n) is 16.5. The third kappa shape index (κ3) is 11.2. The van der Waals surface area contributed by atoms with Gasteiger partial charge >= 0.3 is 0 Å². The summed E-state index contributed by atoms with van der Waals surface area (Å²) in [6.07, 6.45) is 7.99. The minimum Gasteiger partial charge on any atom is -0.354 e. The van der Waals surface area contributed by atoms with Crippen molar-refractivity contribution >= 4 is 17.7 Å². The van der Waals surface area contributed by atoms with Crippen molar-refractivity contribution in [3.8, 4) is 11.1 Å². The second-order valence-corrected chi connectivity index (χ2v) is 13.0. The number of hydrogen-bond donors (Lipinski definition) is 2. The van der Waals surface area contributed by atoms with Crippen LogP contribution >= 0.6 is 0 Å². The van der Waals surface area contributed by atoms with Crippen molar-refractivity contribution in [2.24, 2.45) is 5.73 Å². The van der Waals surface area contributed by atoms with Crippen molar-refractivity contribution in [2.45, 2.75) is 57.2 Å². The summed E-state index contributed by atoms with van der Waals surface area (Å²) in [5, 5.41) is 2.97. The molecule has 4 rings (SSSR count). The number of carbonyl (C=O) groups is 3. The molecule has 0 saturated carbocycles. The second-order valence-electron chi connectivity index (χ2n) is 13.0. The zero-order chi connectivity index (χ0) is 35.4. The van der Waals surface area contributed by atoms with E-state index >= 15 is 0 Å². The number of amides is 3. The maximum Gasteiger partial charge on any atom is 0.246 e. The lowest BCUT2D eigenvalue weighted by Gasteiger charge is -2.34. The van der Waals surface area contributed by atoms with Gasteiger partial charge < -0.3 is 20.9 Å². The average molecular weight is 664 g/mol. The SMILES string of the molecule is CN(C(=O)C=CCC(C)(C)N)[C@H](Cc1ccc(-c2ccccc2)cc1)C(=O)N(C)[C@H](Cc1ccc(F)cc1)C(=O)NCCc1ccncc1. The first kappa shape index (κ1) is 36.7. The van der Waals surface area contributed by atoms with Crippen LogP contribution in [0.25, 0.3) is 11.1 Å². The van der Waals surface area contributed by atoms with E-state index in [2.05, 4.69) is 10.3 Å². The number of benzene rings is 3. The molecule has 8 nitrogen and oxygen atoms in total. The molecule has 256 valence electrons. The monoisotopic (exact) mass is 663 g/mol. The Morgan fingerprint density at radius 1 is 0.796 bits per heavy atom. The van der Waals surface area contributed by atoms with Gasteiger partial charge in [-0.25, -0.2) is 4.39 Å². The van der Waals surface area contributed by atoms with Crippen LogP contribution in [0.3, 0.4) is 0 Å². The van der Waals surface area contributed by atoms with E-state index in [1.165, 1.54) is 28.0 Å². The number of nitrogens with one attached hydrogen (secondary N) is 1. The Balaban J connectivity index is 1.60. The van der Waals surface area contributed by atoms with Gasteiger partial charge in [0.1, 0.15) is 17.9 Å². The van der Waals surface area contributed by atoms with Gasteiger partial charge in [-0.3, -0.25) is 19.4 Å². The third-order valence-electron chi connectivity index (χ3n) is 8.42. The summed E-state index contributed by atoms with van der Waals surface area (Å²) in [4.78, 5) is 48.5. The van der Waals surface area contributed by atoms with Crippen LogP contribution in [0.4, 0.5) is 4.39 Å². The Morgan fingerprint density at radius 3 is 1.98 bits per heavy atom. The normalized spacial score (nSPS) is 12.7. The molecule has 0 bridgehead atoms. The summed E-state index contributed by atoms with van der Waals surface area (Å²) in [6.45, 7) is 4.09. The number of nitrogens with zero attached hydrogens (tertiary/aromatic N) is 3. The highest BCUT2D eigenvalue weighted by molar-refractivity contribution is 5.95. The van der Waals surface area contributed by atoms with Gasteiger partial charge in [0, 0.05) is 51.4 Å². The molecule has 0 aliphatic carbocycles. The Morgan fingerprint density at radius 2 is 1.37 bits per heavy atom. The largest absolute Gasteiger partial charge is 0.354 e. The van der Waals surface area contributed by atoms with Gasteiger partial charge in [0.2, 0.25) is 17.7 Å². The molecule has 0 saturated heterocycles. The number of hydrogen-bond acceptors (Lipinski definition) is 5. The molecule has 0 radical (unpaired) electrons. The molecular formula is C40H46FN5O3. The van der Waals surface area contributed by atoms with Gasteiger partial charge in [0.15, 0.2) is 0 Å². The molecule has 0 fully saturated rings. The Bertz CT molecular complexity index is 1690. The van der Waals surface area contributed by atoms with E-state index in [0.29, 0.717) is 24.9 Å². The van der Waals surface area contributed by atoms with Gasteiger partial charge in [-0.15, -0.1) is 0 Å². The highest BCUT2D eigenvalue weighted by atomic mass is 19.1. The van der Waals surface area contributed by atoms with E-state index < -0.39 is 29.3 Å². The maximum absolute atomic E-state index is 14.4. The lowest BCUT2D eigenvalue weighted by Crippen LogP contribution is -2.56. The van der Waals surface area contributed by atoms with E-state index in [4.69, 9.17) is 5.73 Å². The van der Waals surface area contributed by atoms with Crippen LogP contribution in [0.2, 0.25) is 0 Å². The molecule has 3 N–H and O–H groups in total. The van der Waals surface area contributed by atoms with Crippen molar-refractivity contribution in [1.82, 2.24) is 20.1 Å². The minimum absolute atomic E-state index is 0.158. The summed E-state index contributed by atoms with van der Waals surface area (Å²) in [5.41, 5.74) is 10.3. The van der Waals surface area contributed by atoms with Gasteiger partial charge in [-0.1, -0.05) is 72.8 Å². The zero-order valence-electron chi connectivity index (χ0n) is 28.7. The molecule has 3 aromatic carbocycles. The quantitative estimate of drug-likeness (QED) is 0.166. The standard InChI is InChI=1S/C40H46FN5O3/c1-40(2,42)23-8-11-37(47)45(3)36(28-30-12-16-33(17-13-30)32-9-6-5-7-10-32)39(49)46(4)35(27-31-14-18-34(41)19-15-31)38(48)44-26-22-29-20-24-43-25-21-29/h5-21,24-25,35-36H,22-23,26-28,42H2,1-4H3,(H,44,48)/t35-,36-/m1/s1. The van der Waals surface area contributed by atoms with Gasteiger partial charge in [0.05, 0.1) is 0 Å². The molecule has 0 aliphatic heterocycles. The van der Waals surface area contributed by atoms with Gasteiger partial charge in [0.25, 0.3) is 0 Å². The molecule has 0 spiro atoms. The van der Waals surface area contributed by atoms with Crippen LogP contribution in [0, 0.1) is 5.82 Å². The molecule has 2 atom stereocenters. The summed E-state index contributed by atoms with van der Waals surface area (Å²) in [6, 6.07) is 25.7. The van der Waals surface area contributed by atoms with Crippen LogP contribution in [0.5, 0.6) is 0 Å². The highest BCUT2D eigenvalue weighted by Crippen LogP contribution is 2.22. The predicted molar refractivity (Wildman–Crippen MR) is 192 cm³/mol. The number of rotatable bonds is 15. The summed E-state index contributed by atoms with van der Waals surface area (Å²) in [7, 11) is 3.17. The highest BCUT2D eigenvalue weighted by Gasteiger charge is 2.34. The molecule has 0 unspecified atom stereocenters. The number of halogens is 1. The van der Waals surface area contributed by atoms with Crippen molar-refractivity contribution < 1.29 is 18.8 Å². The molecule has 4 aromatic rings. The Labute approximate surface area is 288 Å². The first-order chi connectivity index (χ1) is 23.4. The number of likely N-dealkylation sites (N-methyl/N-ethyl adjacent to an activating group) is 2. The number of aromatic nitrogens is 1. The van der Waals surface area contributed by atoms with Crippen LogP contribution < -0.4 is 11.1 Å². The van der Waals surface area contributed by atoms with Crippen molar-refractivity contribution in [2.75, 3.05) is 20.6 Å². The lowest BCUT2D eigenvalue weighted by molar-refractivity contribution is -0.146.